The lowest BCUT2D eigenvalue weighted by atomic mass is 10.1. The molecule has 2 heterocycles. The molecule has 1 saturated carbocycles. The molecule has 1 atom stereocenters. The van der Waals surface area contributed by atoms with E-state index >= 15 is 0 Å². The molecule has 166 valence electrons. The van der Waals surface area contributed by atoms with E-state index in [9.17, 15) is 14.4 Å². The predicted octanol–water partition coefficient (Wildman–Crippen LogP) is 3.24. The summed E-state index contributed by atoms with van der Waals surface area (Å²) < 4.78 is 7.44. The topological polar surface area (TPSA) is 115 Å². The minimum atomic E-state index is -1.30. The fourth-order valence-corrected chi connectivity index (χ4v) is 3.48. The number of carbonyl (C=O) groups is 3. The first kappa shape index (κ1) is 21.5. The smallest absolute Gasteiger partial charge is 0.340 e. The van der Waals surface area contributed by atoms with Crippen LogP contribution in [0, 0.1) is 0 Å². The van der Waals surface area contributed by atoms with Gasteiger partial charge in [0.25, 0.3) is 5.91 Å². The van der Waals surface area contributed by atoms with Crippen LogP contribution < -0.4 is 10.6 Å². The van der Waals surface area contributed by atoms with Gasteiger partial charge in [-0.3, -0.25) is 10.1 Å². The first-order valence-electron chi connectivity index (χ1n) is 10.6. The van der Waals surface area contributed by atoms with Crippen molar-refractivity contribution in [1.29, 1.82) is 0 Å². The molecule has 1 aromatic carbocycles. The lowest BCUT2D eigenvalue weighted by Gasteiger charge is -2.18. The van der Waals surface area contributed by atoms with E-state index in [1.807, 2.05) is 13.8 Å². The van der Waals surface area contributed by atoms with Gasteiger partial charge in [0, 0.05) is 30.3 Å². The number of nitrogens with zero attached hydrogens (tertiary/aromatic N) is 3. The summed E-state index contributed by atoms with van der Waals surface area (Å²) in [5.41, 5.74) is 2.19. The highest BCUT2D eigenvalue weighted by atomic mass is 16.5. The van der Waals surface area contributed by atoms with E-state index in [1.54, 1.807) is 47.3 Å². The van der Waals surface area contributed by atoms with E-state index in [1.165, 1.54) is 7.05 Å². The maximum Gasteiger partial charge on any atom is 0.340 e. The summed E-state index contributed by atoms with van der Waals surface area (Å²) in [4.78, 5) is 42.5. The molecule has 1 fully saturated rings. The molecule has 9 nitrogen and oxygen atoms in total. The minimum Gasteiger partial charge on any atom is -0.444 e. The number of imide groups is 1. The Kier molecular flexibility index (Phi) is 5.89. The van der Waals surface area contributed by atoms with E-state index in [0.29, 0.717) is 28.1 Å². The standard InChI is InChI=1S/C23H25N5O4/c1-13(2)28-20-17(12-25-28)16(11-18(26-20)14-9-10-14)22(30)32-19(15-7-5-4-6-8-15)21(29)27-23(31)24-3/h4-8,11-14,19H,9-10H2,1-3H3,(H2,24,27,29,31). The van der Waals surface area contributed by atoms with Gasteiger partial charge < -0.3 is 10.1 Å². The van der Waals surface area contributed by atoms with Crippen LogP contribution in [-0.4, -0.2) is 39.7 Å². The monoisotopic (exact) mass is 435 g/mol. The van der Waals surface area contributed by atoms with Gasteiger partial charge in [0.2, 0.25) is 6.10 Å². The van der Waals surface area contributed by atoms with Crippen LogP contribution in [0.25, 0.3) is 11.0 Å². The van der Waals surface area contributed by atoms with Crippen molar-refractivity contribution in [2.24, 2.45) is 0 Å². The number of fused-ring (bicyclic) bond motifs is 1. The molecule has 0 aliphatic heterocycles. The van der Waals surface area contributed by atoms with Crippen LogP contribution in [0.1, 0.15) is 66.4 Å². The number of aromatic nitrogens is 3. The Hall–Kier alpha value is -3.75. The number of hydrogen-bond donors (Lipinski definition) is 2. The van der Waals surface area contributed by atoms with Gasteiger partial charge >= 0.3 is 12.0 Å². The van der Waals surface area contributed by atoms with E-state index in [2.05, 4.69) is 15.7 Å². The number of rotatable bonds is 6. The molecular weight excluding hydrogens is 410 g/mol. The van der Waals surface area contributed by atoms with Crippen LogP contribution in [0.15, 0.2) is 42.6 Å². The summed E-state index contributed by atoms with van der Waals surface area (Å²) in [5.74, 6) is -1.11. The number of esters is 1. The lowest BCUT2D eigenvalue weighted by Crippen LogP contribution is -2.41. The Morgan fingerprint density at radius 1 is 1.16 bits per heavy atom. The zero-order valence-electron chi connectivity index (χ0n) is 18.2. The van der Waals surface area contributed by atoms with Gasteiger partial charge in [0.15, 0.2) is 5.65 Å². The largest absolute Gasteiger partial charge is 0.444 e. The molecule has 0 saturated heterocycles. The Balaban J connectivity index is 1.72. The maximum absolute atomic E-state index is 13.3. The second kappa shape index (κ2) is 8.78. The molecule has 3 amide bonds. The van der Waals surface area contributed by atoms with Crippen molar-refractivity contribution >= 4 is 28.9 Å². The van der Waals surface area contributed by atoms with Gasteiger partial charge in [-0.2, -0.15) is 5.10 Å². The summed E-state index contributed by atoms with van der Waals surface area (Å²) in [6.45, 7) is 3.98. The van der Waals surface area contributed by atoms with Gasteiger partial charge in [-0.25, -0.2) is 19.3 Å². The second-order valence-electron chi connectivity index (χ2n) is 8.05. The molecule has 9 heteroatoms. The molecule has 0 bridgehead atoms. The number of urea groups is 1. The first-order valence-corrected chi connectivity index (χ1v) is 10.6. The zero-order valence-corrected chi connectivity index (χ0v) is 18.2. The Morgan fingerprint density at radius 3 is 2.50 bits per heavy atom. The van der Waals surface area contributed by atoms with Crippen LogP contribution in [0.3, 0.4) is 0 Å². The van der Waals surface area contributed by atoms with Crippen molar-refractivity contribution in [2.75, 3.05) is 7.05 Å². The molecule has 3 aromatic rings. The molecule has 0 spiro atoms. The normalized spacial score (nSPS) is 14.2. The second-order valence-corrected chi connectivity index (χ2v) is 8.05. The Bertz CT molecular complexity index is 1170. The summed E-state index contributed by atoms with van der Waals surface area (Å²) >= 11 is 0. The van der Waals surface area contributed by atoms with Crippen molar-refractivity contribution in [2.45, 2.75) is 44.8 Å². The van der Waals surface area contributed by atoms with E-state index in [4.69, 9.17) is 9.72 Å². The maximum atomic E-state index is 13.3. The molecule has 2 N–H and O–H groups in total. The number of amides is 3. The van der Waals surface area contributed by atoms with Gasteiger partial charge in [-0.1, -0.05) is 30.3 Å². The lowest BCUT2D eigenvalue weighted by molar-refractivity contribution is -0.129. The quantitative estimate of drug-likeness (QED) is 0.575. The molecule has 4 rings (SSSR count). The Morgan fingerprint density at radius 2 is 1.88 bits per heavy atom. The van der Waals surface area contributed by atoms with Crippen LogP contribution in [0.2, 0.25) is 0 Å². The van der Waals surface area contributed by atoms with Gasteiger partial charge in [0.05, 0.1) is 17.1 Å². The van der Waals surface area contributed by atoms with Gasteiger partial charge in [-0.05, 0) is 32.8 Å². The summed E-state index contributed by atoms with van der Waals surface area (Å²) in [5, 5.41) is 9.46. The van der Waals surface area contributed by atoms with Crippen molar-refractivity contribution in [1.82, 2.24) is 25.4 Å². The number of hydrogen-bond acceptors (Lipinski definition) is 6. The van der Waals surface area contributed by atoms with E-state index in [-0.39, 0.29) is 6.04 Å². The van der Waals surface area contributed by atoms with E-state index < -0.39 is 24.0 Å². The predicted molar refractivity (Wildman–Crippen MR) is 117 cm³/mol. The SMILES string of the molecule is CNC(=O)NC(=O)C(OC(=O)c1cc(C2CC2)nc2c1cnn2C(C)C)c1ccccc1. The van der Waals surface area contributed by atoms with Gasteiger partial charge in [-0.15, -0.1) is 0 Å². The number of ether oxygens (including phenoxy) is 1. The fraction of sp³-hybridized carbons (Fsp3) is 0.348. The number of nitrogens with one attached hydrogen (secondary N) is 2. The third-order valence-electron chi connectivity index (χ3n) is 5.32. The highest BCUT2D eigenvalue weighted by Gasteiger charge is 2.31. The molecule has 1 aliphatic rings. The fourth-order valence-electron chi connectivity index (χ4n) is 3.48. The summed E-state index contributed by atoms with van der Waals surface area (Å²) in [7, 11) is 1.39. The molecular formula is C23H25N5O4. The van der Waals surface area contributed by atoms with Crippen LogP contribution >= 0.6 is 0 Å². The molecule has 32 heavy (non-hydrogen) atoms. The van der Waals surface area contributed by atoms with Crippen molar-refractivity contribution in [3.63, 3.8) is 0 Å². The number of benzene rings is 1. The van der Waals surface area contributed by atoms with Crippen molar-refractivity contribution in [3.8, 4) is 0 Å². The van der Waals surface area contributed by atoms with E-state index in [0.717, 1.165) is 18.5 Å². The number of pyridine rings is 1. The molecule has 0 radical (unpaired) electrons. The Labute approximate surface area is 185 Å². The average molecular weight is 435 g/mol. The highest BCUT2D eigenvalue weighted by molar-refractivity contribution is 6.04. The highest BCUT2D eigenvalue weighted by Crippen LogP contribution is 2.40. The summed E-state index contributed by atoms with van der Waals surface area (Å²) in [6.07, 6.45) is 2.33. The first-order chi connectivity index (χ1) is 15.4. The van der Waals surface area contributed by atoms with Gasteiger partial charge in [0.1, 0.15) is 0 Å². The van der Waals surface area contributed by atoms with Crippen LogP contribution in [0.4, 0.5) is 4.79 Å². The van der Waals surface area contributed by atoms with Crippen molar-refractivity contribution in [3.05, 3.63) is 59.4 Å². The summed E-state index contributed by atoms with van der Waals surface area (Å²) in [6, 6.07) is 9.67. The molecule has 1 aliphatic carbocycles. The van der Waals surface area contributed by atoms with Crippen LogP contribution in [0.5, 0.6) is 0 Å². The third kappa shape index (κ3) is 4.32. The minimum absolute atomic E-state index is 0.0636. The van der Waals surface area contributed by atoms with Crippen LogP contribution in [-0.2, 0) is 9.53 Å². The molecule has 1 unspecified atom stereocenters. The van der Waals surface area contributed by atoms with Crippen molar-refractivity contribution < 1.29 is 19.1 Å². The average Bonchev–Trinajstić information content (AvgIpc) is 3.55. The number of carbonyl (C=O) groups excluding carboxylic acids is 3. The zero-order chi connectivity index (χ0) is 22.8. The molecule has 2 aromatic heterocycles. The third-order valence-corrected chi connectivity index (χ3v) is 5.32.